The zero-order chi connectivity index (χ0) is 25.7. The highest BCUT2D eigenvalue weighted by Gasteiger charge is 2.28. The van der Waals surface area contributed by atoms with Crippen molar-refractivity contribution in [2.45, 2.75) is 45.3 Å². The Morgan fingerprint density at radius 1 is 1.11 bits per heavy atom. The number of rotatable bonds is 10. The summed E-state index contributed by atoms with van der Waals surface area (Å²) in [5.41, 5.74) is 2.56. The van der Waals surface area contributed by atoms with Gasteiger partial charge in [-0.1, -0.05) is 44.2 Å². The summed E-state index contributed by atoms with van der Waals surface area (Å²) in [6.07, 6.45) is 0.205. The largest absolute Gasteiger partial charge is 0.465 e. The van der Waals surface area contributed by atoms with Crippen LogP contribution in [0.15, 0.2) is 52.9 Å². The van der Waals surface area contributed by atoms with E-state index < -0.39 is 18.2 Å². The van der Waals surface area contributed by atoms with Crippen LogP contribution in [0.3, 0.4) is 0 Å². The molecule has 3 aromatic rings. The van der Waals surface area contributed by atoms with Gasteiger partial charge in [-0.2, -0.15) is 4.98 Å². The van der Waals surface area contributed by atoms with Crippen LogP contribution in [0.25, 0.3) is 11.1 Å². The van der Waals surface area contributed by atoms with E-state index in [2.05, 4.69) is 15.2 Å². The van der Waals surface area contributed by atoms with Gasteiger partial charge in [0, 0.05) is 31.7 Å². The highest BCUT2D eigenvalue weighted by molar-refractivity contribution is 5.97. The summed E-state index contributed by atoms with van der Waals surface area (Å²) < 4.78 is 5.95. The van der Waals surface area contributed by atoms with E-state index in [0.717, 1.165) is 31.5 Å². The summed E-state index contributed by atoms with van der Waals surface area (Å²) in [4.78, 5) is 33.2. The Labute approximate surface area is 210 Å². The Hall–Kier alpha value is -3.59. The topological polar surface area (TPSA) is 119 Å². The first-order chi connectivity index (χ1) is 17.3. The normalized spacial score (nSPS) is 15.3. The summed E-state index contributed by atoms with van der Waals surface area (Å²) >= 11 is 0. The molecular formula is C27H34N4O5. The van der Waals surface area contributed by atoms with Gasteiger partial charge in [-0.3, -0.25) is 4.79 Å². The molecule has 0 saturated carbocycles. The third kappa shape index (κ3) is 6.34. The molecule has 1 aromatic heterocycles. The molecule has 2 aromatic carbocycles. The molecule has 9 heteroatoms. The molecule has 0 radical (unpaired) electrons. The molecule has 4 rings (SSSR count). The number of hydrogen-bond donors (Lipinski definition) is 3. The number of anilines is 1. The number of benzene rings is 2. The fourth-order valence-corrected chi connectivity index (χ4v) is 4.62. The molecule has 2 heterocycles. The third-order valence-corrected chi connectivity index (χ3v) is 6.35. The van der Waals surface area contributed by atoms with Crippen molar-refractivity contribution in [3.63, 3.8) is 0 Å². The van der Waals surface area contributed by atoms with E-state index in [9.17, 15) is 19.8 Å². The zero-order valence-electron chi connectivity index (χ0n) is 20.8. The van der Waals surface area contributed by atoms with Crippen molar-refractivity contribution in [3.8, 4) is 0 Å². The second-order valence-corrected chi connectivity index (χ2v) is 9.79. The summed E-state index contributed by atoms with van der Waals surface area (Å²) in [7, 11) is 0. The molecular weight excluding hydrogens is 460 g/mol. The van der Waals surface area contributed by atoms with Crippen molar-refractivity contribution in [2.24, 2.45) is 5.92 Å². The van der Waals surface area contributed by atoms with Gasteiger partial charge in [0.2, 0.25) is 0 Å². The first kappa shape index (κ1) is 25.5. The number of aromatic nitrogens is 1. The fraction of sp³-hybridized carbons (Fsp3) is 0.444. The van der Waals surface area contributed by atoms with Crippen LogP contribution in [0.4, 0.5) is 10.8 Å². The smallest absolute Gasteiger partial charge is 0.404 e. The number of aliphatic hydroxyl groups is 1. The molecule has 1 saturated heterocycles. The average Bonchev–Trinajstić information content (AvgIpc) is 3.52. The van der Waals surface area contributed by atoms with Gasteiger partial charge in [-0.15, -0.1) is 0 Å². The number of carbonyl (C=O) groups is 2. The lowest BCUT2D eigenvalue weighted by Gasteiger charge is -2.31. The minimum Gasteiger partial charge on any atom is -0.465 e. The average molecular weight is 495 g/mol. The van der Waals surface area contributed by atoms with E-state index in [0.29, 0.717) is 35.6 Å². The van der Waals surface area contributed by atoms with Crippen LogP contribution in [0, 0.1) is 5.92 Å². The van der Waals surface area contributed by atoms with Gasteiger partial charge in [0.15, 0.2) is 5.58 Å². The van der Waals surface area contributed by atoms with Crippen molar-refractivity contribution < 1.29 is 24.2 Å². The second-order valence-electron chi connectivity index (χ2n) is 9.79. The zero-order valence-corrected chi connectivity index (χ0v) is 20.8. The Kier molecular flexibility index (Phi) is 8.10. The van der Waals surface area contributed by atoms with E-state index in [1.807, 2.05) is 44.2 Å². The summed E-state index contributed by atoms with van der Waals surface area (Å²) in [5, 5.41) is 22.8. The number of hydrogen-bond acceptors (Lipinski definition) is 6. The van der Waals surface area contributed by atoms with E-state index in [4.69, 9.17) is 4.42 Å². The lowest BCUT2D eigenvalue weighted by atomic mass is 10.00. The SMILES string of the molecule is CC(C)CN(C[C@H](O)[C@H](Cc1ccccc1)NC(=O)O)C(=O)c1ccc2nc(N3CCCC3)oc2c1. The Morgan fingerprint density at radius 2 is 1.83 bits per heavy atom. The molecule has 9 nitrogen and oxygen atoms in total. The molecule has 2 amide bonds. The van der Waals surface area contributed by atoms with Crippen LogP contribution in [-0.4, -0.2) is 70.4 Å². The minimum absolute atomic E-state index is 0.0116. The molecule has 0 unspecified atom stereocenters. The molecule has 1 fully saturated rings. The molecule has 1 aliphatic rings. The number of fused-ring (bicyclic) bond motifs is 1. The quantitative estimate of drug-likeness (QED) is 0.393. The third-order valence-electron chi connectivity index (χ3n) is 6.35. The fourth-order valence-electron chi connectivity index (χ4n) is 4.62. The van der Waals surface area contributed by atoms with Crippen molar-refractivity contribution in [1.82, 2.24) is 15.2 Å². The first-order valence-electron chi connectivity index (χ1n) is 12.5. The molecule has 3 N–H and O–H groups in total. The maximum absolute atomic E-state index is 13.5. The monoisotopic (exact) mass is 494 g/mol. The molecule has 0 bridgehead atoms. The van der Waals surface area contributed by atoms with Gasteiger partial charge in [-0.05, 0) is 48.9 Å². The highest BCUT2D eigenvalue weighted by Crippen LogP contribution is 2.26. The van der Waals surface area contributed by atoms with Gasteiger partial charge in [0.25, 0.3) is 11.9 Å². The van der Waals surface area contributed by atoms with E-state index in [1.165, 1.54) is 0 Å². The molecule has 1 aliphatic heterocycles. The highest BCUT2D eigenvalue weighted by atomic mass is 16.4. The van der Waals surface area contributed by atoms with Crippen molar-refractivity contribution in [2.75, 3.05) is 31.1 Å². The molecule has 192 valence electrons. The summed E-state index contributed by atoms with van der Waals surface area (Å²) in [6.45, 7) is 6.20. The second kappa shape index (κ2) is 11.4. The van der Waals surface area contributed by atoms with Gasteiger partial charge in [0.1, 0.15) is 5.52 Å². The van der Waals surface area contributed by atoms with E-state index in [1.54, 1.807) is 23.1 Å². The summed E-state index contributed by atoms with van der Waals surface area (Å²) in [5.74, 6) is -0.102. The first-order valence-corrected chi connectivity index (χ1v) is 12.5. The van der Waals surface area contributed by atoms with Crippen LogP contribution in [0.2, 0.25) is 0 Å². The van der Waals surface area contributed by atoms with Crippen LogP contribution in [0.1, 0.15) is 42.6 Å². The van der Waals surface area contributed by atoms with Crippen molar-refractivity contribution in [3.05, 3.63) is 59.7 Å². The predicted octanol–water partition coefficient (Wildman–Crippen LogP) is 3.77. The van der Waals surface area contributed by atoms with E-state index in [-0.39, 0.29) is 18.4 Å². The molecule has 0 spiro atoms. The molecule has 0 aliphatic carbocycles. The Balaban J connectivity index is 1.53. The van der Waals surface area contributed by atoms with Crippen LogP contribution in [0.5, 0.6) is 0 Å². The van der Waals surface area contributed by atoms with Crippen molar-refractivity contribution in [1.29, 1.82) is 0 Å². The van der Waals surface area contributed by atoms with Crippen LogP contribution < -0.4 is 10.2 Å². The van der Waals surface area contributed by atoms with Crippen molar-refractivity contribution >= 4 is 29.1 Å². The maximum Gasteiger partial charge on any atom is 0.404 e. The van der Waals surface area contributed by atoms with Gasteiger partial charge < -0.3 is 29.7 Å². The number of amides is 2. The molecule has 36 heavy (non-hydrogen) atoms. The maximum atomic E-state index is 13.5. The number of carbonyl (C=O) groups excluding carboxylic acids is 1. The Bertz CT molecular complexity index is 1170. The standard InChI is InChI=1S/C27H34N4O5/c1-18(2)16-31(17-23(32)22(29-27(34)35)14-19-8-4-3-5-9-19)25(33)20-10-11-21-24(15-20)36-26(28-21)30-12-6-7-13-30/h3-5,8-11,15,18,22-23,29,32H,6-7,12-14,16-17H2,1-2H3,(H,34,35)/t22-,23-/m0/s1. The number of oxazole rings is 1. The van der Waals surface area contributed by atoms with E-state index >= 15 is 0 Å². The number of nitrogens with zero attached hydrogens (tertiary/aromatic N) is 3. The number of nitrogens with one attached hydrogen (secondary N) is 1. The van der Waals surface area contributed by atoms with Crippen LogP contribution in [-0.2, 0) is 6.42 Å². The predicted molar refractivity (Wildman–Crippen MR) is 137 cm³/mol. The summed E-state index contributed by atoms with van der Waals surface area (Å²) in [6, 6.07) is 14.4. The number of aliphatic hydroxyl groups excluding tert-OH is 1. The van der Waals surface area contributed by atoms with Crippen LogP contribution >= 0.6 is 0 Å². The Morgan fingerprint density at radius 3 is 2.50 bits per heavy atom. The minimum atomic E-state index is -1.22. The number of carboxylic acid groups (broad SMARTS) is 1. The lowest BCUT2D eigenvalue weighted by Crippen LogP contribution is -2.50. The molecule has 2 atom stereocenters. The van der Waals surface area contributed by atoms with Gasteiger partial charge >= 0.3 is 6.09 Å². The lowest BCUT2D eigenvalue weighted by molar-refractivity contribution is 0.0509. The van der Waals surface area contributed by atoms with Gasteiger partial charge in [0.05, 0.1) is 12.1 Å². The van der Waals surface area contributed by atoms with Gasteiger partial charge in [-0.25, -0.2) is 4.79 Å².